The Morgan fingerprint density at radius 3 is 2.30 bits per heavy atom. The van der Waals surface area contributed by atoms with Crippen LogP contribution in [0, 0.1) is 0 Å². The fourth-order valence-electron chi connectivity index (χ4n) is 3.00. The molecule has 0 saturated heterocycles. The van der Waals surface area contributed by atoms with E-state index >= 15 is 0 Å². The van der Waals surface area contributed by atoms with Gasteiger partial charge in [0.05, 0.1) is 29.8 Å². The highest BCUT2D eigenvalue weighted by Gasteiger charge is 2.31. The molecule has 2 rings (SSSR count). The van der Waals surface area contributed by atoms with Crippen molar-refractivity contribution >= 4 is 33.2 Å². The zero-order valence-electron chi connectivity index (χ0n) is 17.3. The van der Waals surface area contributed by atoms with Crippen molar-refractivity contribution in [1.29, 1.82) is 0 Å². The third kappa shape index (κ3) is 6.04. The number of sulfonamides is 1. The molecule has 30 heavy (non-hydrogen) atoms. The number of benzene rings is 2. The van der Waals surface area contributed by atoms with Crippen molar-refractivity contribution in [2.45, 2.75) is 19.4 Å². The highest BCUT2D eigenvalue weighted by Crippen LogP contribution is 2.23. The molecule has 0 bridgehead atoms. The maximum absolute atomic E-state index is 13.1. The van der Waals surface area contributed by atoms with Crippen LogP contribution in [0.3, 0.4) is 0 Å². The molecule has 0 spiro atoms. The standard InChI is InChI=1S/C21H27N3O5S/c1-4-19(24(30(3,27)28)16-10-6-5-7-11-16)21(26)23-18-13-9-8-12-17(18)20(25)22-14-15-29-2/h5-13,19H,4,14-15H2,1-3H3,(H,22,25)(H,23,26)/t19-/m0/s1. The molecule has 162 valence electrons. The average molecular weight is 434 g/mol. The molecule has 2 aromatic rings. The lowest BCUT2D eigenvalue weighted by atomic mass is 10.1. The average Bonchev–Trinajstić information content (AvgIpc) is 2.72. The highest BCUT2D eigenvalue weighted by molar-refractivity contribution is 7.92. The Bertz CT molecular complexity index is 964. The molecule has 0 aliphatic rings. The van der Waals surface area contributed by atoms with Gasteiger partial charge in [-0.05, 0) is 30.7 Å². The molecule has 9 heteroatoms. The predicted molar refractivity (Wildman–Crippen MR) is 117 cm³/mol. The number of amides is 2. The van der Waals surface area contributed by atoms with Gasteiger partial charge in [-0.2, -0.15) is 0 Å². The lowest BCUT2D eigenvalue weighted by Gasteiger charge is -2.30. The first-order valence-corrected chi connectivity index (χ1v) is 11.4. The summed E-state index contributed by atoms with van der Waals surface area (Å²) in [6, 6.07) is 14.0. The lowest BCUT2D eigenvalue weighted by Crippen LogP contribution is -2.47. The van der Waals surface area contributed by atoms with Gasteiger partial charge in [0.25, 0.3) is 5.91 Å². The van der Waals surface area contributed by atoms with E-state index in [1.165, 1.54) is 7.11 Å². The molecule has 0 unspecified atom stereocenters. The zero-order valence-corrected chi connectivity index (χ0v) is 18.1. The third-order valence-corrected chi connectivity index (χ3v) is 5.54. The Balaban J connectivity index is 2.30. The maximum Gasteiger partial charge on any atom is 0.253 e. The van der Waals surface area contributed by atoms with E-state index < -0.39 is 22.0 Å². The van der Waals surface area contributed by atoms with Crippen molar-refractivity contribution in [3.8, 4) is 0 Å². The fourth-order valence-corrected chi connectivity index (χ4v) is 4.21. The summed E-state index contributed by atoms with van der Waals surface area (Å²) in [6.07, 6.45) is 1.31. The van der Waals surface area contributed by atoms with Crippen LogP contribution < -0.4 is 14.9 Å². The van der Waals surface area contributed by atoms with Gasteiger partial charge in [-0.25, -0.2) is 8.42 Å². The Labute approximate surface area is 177 Å². The number of nitrogens with zero attached hydrogens (tertiary/aromatic N) is 1. The molecule has 0 saturated carbocycles. The van der Waals surface area contributed by atoms with Crippen LogP contribution in [0.15, 0.2) is 54.6 Å². The number of ether oxygens (including phenoxy) is 1. The first-order valence-electron chi connectivity index (χ1n) is 9.51. The van der Waals surface area contributed by atoms with E-state index in [4.69, 9.17) is 4.74 Å². The number of para-hydroxylation sites is 2. The molecule has 0 aromatic heterocycles. The van der Waals surface area contributed by atoms with E-state index in [1.54, 1.807) is 61.5 Å². The van der Waals surface area contributed by atoms with Gasteiger partial charge in [-0.3, -0.25) is 13.9 Å². The molecular formula is C21H27N3O5S. The number of nitrogens with one attached hydrogen (secondary N) is 2. The van der Waals surface area contributed by atoms with Crippen molar-refractivity contribution in [1.82, 2.24) is 5.32 Å². The van der Waals surface area contributed by atoms with E-state index in [0.717, 1.165) is 10.6 Å². The Kier molecular flexibility index (Phi) is 8.37. The summed E-state index contributed by atoms with van der Waals surface area (Å²) in [6.45, 7) is 2.42. The van der Waals surface area contributed by atoms with E-state index in [1.807, 2.05) is 0 Å². The van der Waals surface area contributed by atoms with Gasteiger partial charge in [-0.15, -0.1) is 0 Å². The first kappa shape index (κ1) is 23.4. The smallest absolute Gasteiger partial charge is 0.253 e. The van der Waals surface area contributed by atoms with Gasteiger partial charge in [0.15, 0.2) is 0 Å². The zero-order chi connectivity index (χ0) is 22.1. The Hall–Kier alpha value is -2.91. The van der Waals surface area contributed by atoms with E-state index in [2.05, 4.69) is 10.6 Å². The third-order valence-electron chi connectivity index (χ3n) is 4.36. The molecule has 2 amide bonds. The summed E-state index contributed by atoms with van der Waals surface area (Å²) in [5, 5.41) is 5.43. The minimum Gasteiger partial charge on any atom is -0.383 e. The molecule has 1 atom stereocenters. The molecular weight excluding hydrogens is 406 g/mol. The Morgan fingerprint density at radius 1 is 1.07 bits per heavy atom. The van der Waals surface area contributed by atoms with Crippen LogP contribution in [0.1, 0.15) is 23.7 Å². The summed E-state index contributed by atoms with van der Waals surface area (Å²) >= 11 is 0. The molecule has 2 aromatic carbocycles. The van der Waals surface area contributed by atoms with E-state index in [-0.39, 0.29) is 17.9 Å². The van der Waals surface area contributed by atoms with Crippen LogP contribution in [0.4, 0.5) is 11.4 Å². The maximum atomic E-state index is 13.1. The van der Waals surface area contributed by atoms with Crippen LogP contribution in [0.2, 0.25) is 0 Å². The second-order valence-corrected chi connectivity index (χ2v) is 8.46. The number of carbonyl (C=O) groups excluding carboxylic acids is 2. The van der Waals surface area contributed by atoms with Crippen LogP contribution in [-0.4, -0.2) is 52.8 Å². The summed E-state index contributed by atoms with van der Waals surface area (Å²) in [5.74, 6) is -0.886. The van der Waals surface area contributed by atoms with Crippen molar-refractivity contribution in [2.24, 2.45) is 0 Å². The van der Waals surface area contributed by atoms with E-state index in [0.29, 0.717) is 24.5 Å². The second kappa shape index (κ2) is 10.7. The number of hydrogen-bond acceptors (Lipinski definition) is 5. The minimum atomic E-state index is -3.73. The summed E-state index contributed by atoms with van der Waals surface area (Å²) < 4.78 is 31.0. The van der Waals surface area contributed by atoms with Gasteiger partial charge in [0.1, 0.15) is 6.04 Å². The summed E-state index contributed by atoms with van der Waals surface area (Å²) in [7, 11) is -2.20. The molecule has 0 aliphatic carbocycles. The molecule has 8 nitrogen and oxygen atoms in total. The number of hydrogen-bond donors (Lipinski definition) is 2. The quantitative estimate of drug-likeness (QED) is 0.559. The number of rotatable bonds is 10. The summed E-state index contributed by atoms with van der Waals surface area (Å²) in [4.78, 5) is 25.5. The van der Waals surface area contributed by atoms with Crippen LogP contribution in [-0.2, 0) is 19.6 Å². The largest absolute Gasteiger partial charge is 0.383 e. The van der Waals surface area contributed by atoms with Crippen LogP contribution in [0.25, 0.3) is 0 Å². The minimum absolute atomic E-state index is 0.246. The van der Waals surface area contributed by atoms with Crippen LogP contribution in [0.5, 0.6) is 0 Å². The molecule has 2 N–H and O–H groups in total. The number of carbonyl (C=O) groups is 2. The normalized spacial score (nSPS) is 12.1. The molecule has 0 heterocycles. The lowest BCUT2D eigenvalue weighted by molar-refractivity contribution is -0.117. The van der Waals surface area contributed by atoms with Crippen LogP contribution >= 0.6 is 0 Å². The number of methoxy groups -OCH3 is 1. The van der Waals surface area contributed by atoms with Crippen molar-refractivity contribution in [3.05, 3.63) is 60.2 Å². The van der Waals surface area contributed by atoms with Crippen molar-refractivity contribution in [2.75, 3.05) is 36.1 Å². The monoisotopic (exact) mass is 433 g/mol. The first-order chi connectivity index (χ1) is 14.3. The van der Waals surface area contributed by atoms with E-state index in [9.17, 15) is 18.0 Å². The van der Waals surface area contributed by atoms with Crippen molar-refractivity contribution in [3.63, 3.8) is 0 Å². The highest BCUT2D eigenvalue weighted by atomic mass is 32.2. The van der Waals surface area contributed by atoms with Gasteiger partial charge < -0.3 is 15.4 Å². The fraction of sp³-hybridized carbons (Fsp3) is 0.333. The molecule has 0 aliphatic heterocycles. The topological polar surface area (TPSA) is 105 Å². The predicted octanol–water partition coefficient (Wildman–Crippen LogP) is 2.25. The van der Waals surface area contributed by atoms with Gasteiger partial charge in [0.2, 0.25) is 15.9 Å². The van der Waals surface area contributed by atoms with Gasteiger partial charge in [-0.1, -0.05) is 37.3 Å². The summed E-state index contributed by atoms with van der Waals surface area (Å²) in [5.41, 5.74) is 0.979. The number of anilines is 2. The molecule has 0 fully saturated rings. The van der Waals surface area contributed by atoms with Gasteiger partial charge >= 0.3 is 0 Å². The Morgan fingerprint density at radius 2 is 1.70 bits per heavy atom. The SMILES string of the molecule is CC[C@@H](C(=O)Nc1ccccc1C(=O)NCCOC)N(c1ccccc1)S(C)(=O)=O. The van der Waals surface area contributed by atoms with Gasteiger partial charge in [0, 0.05) is 13.7 Å². The second-order valence-electron chi connectivity index (χ2n) is 6.60. The van der Waals surface area contributed by atoms with Crippen molar-refractivity contribution < 1.29 is 22.7 Å². The molecule has 0 radical (unpaired) electrons.